The lowest BCUT2D eigenvalue weighted by Crippen LogP contribution is -2.45. The van der Waals surface area contributed by atoms with Crippen LogP contribution in [0.4, 0.5) is 0 Å². The van der Waals surface area contributed by atoms with Crippen LogP contribution in [0, 0.1) is 5.92 Å². The van der Waals surface area contributed by atoms with Crippen LogP contribution in [-0.2, 0) is 6.54 Å². The van der Waals surface area contributed by atoms with Crippen molar-refractivity contribution in [2.45, 2.75) is 51.8 Å². The molecule has 2 heterocycles. The van der Waals surface area contributed by atoms with Crippen LogP contribution < -0.4 is 5.32 Å². The van der Waals surface area contributed by atoms with Gasteiger partial charge < -0.3 is 10.4 Å². The summed E-state index contributed by atoms with van der Waals surface area (Å²) in [6.07, 6.45) is 6.91. The monoisotopic (exact) mass is 291 g/mol. The minimum absolute atomic E-state index is 0.219. The van der Waals surface area contributed by atoms with E-state index < -0.39 is 0 Å². The number of hydrogen-bond acceptors (Lipinski definition) is 4. The molecule has 0 aliphatic carbocycles. The van der Waals surface area contributed by atoms with Gasteiger partial charge in [-0.05, 0) is 43.5 Å². The zero-order valence-electron chi connectivity index (χ0n) is 13.3. The Morgan fingerprint density at radius 3 is 2.81 bits per heavy atom. The van der Waals surface area contributed by atoms with Crippen molar-refractivity contribution in [1.82, 2.24) is 15.2 Å². The van der Waals surface area contributed by atoms with E-state index in [0.717, 1.165) is 45.4 Å². The van der Waals surface area contributed by atoms with Crippen molar-refractivity contribution in [3.8, 4) is 0 Å². The lowest BCUT2D eigenvalue weighted by molar-refractivity contribution is 0.102. The number of aromatic nitrogens is 1. The van der Waals surface area contributed by atoms with Crippen LogP contribution in [-0.4, -0.2) is 46.8 Å². The van der Waals surface area contributed by atoms with Crippen LogP contribution in [0.15, 0.2) is 24.5 Å². The van der Waals surface area contributed by atoms with Gasteiger partial charge in [0, 0.05) is 31.5 Å². The van der Waals surface area contributed by atoms with E-state index in [1.165, 1.54) is 5.56 Å². The van der Waals surface area contributed by atoms with E-state index in [2.05, 4.69) is 35.1 Å². The highest BCUT2D eigenvalue weighted by Gasteiger charge is 2.20. The van der Waals surface area contributed by atoms with Crippen LogP contribution in [0.1, 0.15) is 38.7 Å². The summed E-state index contributed by atoms with van der Waals surface area (Å²) in [6.45, 7) is 8.20. The number of aliphatic hydroxyl groups is 1. The van der Waals surface area contributed by atoms with Crippen molar-refractivity contribution in [1.29, 1.82) is 0 Å². The highest BCUT2D eigenvalue weighted by atomic mass is 16.3. The number of pyridine rings is 1. The molecule has 2 atom stereocenters. The van der Waals surface area contributed by atoms with Gasteiger partial charge in [0.2, 0.25) is 0 Å². The van der Waals surface area contributed by atoms with E-state index >= 15 is 0 Å². The lowest BCUT2D eigenvalue weighted by Gasteiger charge is -2.33. The fourth-order valence-corrected chi connectivity index (χ4v) is 2.81. The molecule has 1 aromatic rings. The fraction of sp³-hybridized carbons (Fsp3) is 0.706. The van der Waals surface area contributed by atoms with Gasteiger partial charge in [-0.2, -0.15) is 0 Å². The second-order valence-electron chi connectivity index (χ2n) is 6.27. The van der Waals surface area contributed by atoms with Crippen molar-refractivity contribution in [3.63, 3.8) is 0 Å². The van der Waals surface area contributed by atoms with Gasteiger partial charge in [-0.1, -0.05) is 26.3 Å². The zero-order chi connectivity index (χ0) is 15.1. The molecular formula is C17H29N3O. The first-order valence-electron chi connectivity index (χ1n) is 8.21. The Bertz CT molecular complexity index is 390. The van der Waals surface area contributed by atoms with Gasteiger partial charge in [0.25, 0.3) is 0 Å². The van der Waals surface area contributed by atoms with E-state index in [1.54, 1.807) is 0 Å². The van der Waals surface area contributed by atoms with Gasteiger partial charge in [0.1, 0.15) is 0 Å². The predicted molar refractivity (Wildman–Crippen MR) is 86.0 cm³/mol. The molecule has 21 heavy (non-hydrogen) atoms. The van der Waals surface area contributed by atoms with Crippen LogP contribution in [0.25, 0.3) is 0 Å². The van der Waals surface area contributed by atoms with Crippen LogP contribution in [0.2, 0.25) is 0 Å². The molecule has 2 N–H and O–H groups in total. The summed E-state index contributed by atoms with van der Waals surface area (Å²) in [5.41, 5.74) is 1.29. The molecule has 2 unspecified atom stereocenters. The number of hydrogen-bond donors (Lipinski definition) is 2. The molecule has 118 valence electrons. The van der Waals surface area contributed by atoms with Crippen LogP contribution in [0.3, 0.4) is 0 Å². The van der Waals surface area contributed by atoms with E-state index in [4.69, 9.17) is 0 Å². The SMILES string of the molecule is CCC(C)C(O)CNC1CCN(Cc2cccnc2)CC1. The van der Waals surface area contributed by atoms with Crippen molar-refractivity contribution >= 4 is 0 Å². The Hall–Kier alpha value is -0.970. The zero-order valence-corrected chi connectivity index (χ0v) is 13.3. The summed E-state index contributed by atoms with van der Waals surface area (Å²) in [6, 6.07) is 4.69. The van der Waals surface area contributed by atoms with Crippen molar-refractivity contribution in [3.05, 3.63) is 30.1 Å². The Labute approximate surface area is 128 Å². The molecule has 4 heteroatoms. The first-order chi connectivity index (χ1) is 10.2. The van der Waals surface area contributed by atoms with Crippen LogP contribution in [0.5, 0.6) is 0 Å². The maximum atomic E-state index is 10.0. The van der Waals surface area contributed by atoms with Gasteiger partial charge in [-0.25, -0.2) is 0 Å². The molecule has 1 aliphatic rings. The minimum Gasteiger partial charge on any atom is -0.392 e. The number of nitrogens with zero attached hydrogens (tertiary/aromatic N) is 2. The van der Waals surface area contributed by atoms with E-state index in [1.807, 2.05) is 18.5 Å². The molecule has 1 aromatic heterocycles. The number of aliphatic hydroxyl groups excluding tert-OH is 1. The van der Waals surface area contributed by atoms with Crippen molar-refractivity contribution in [2.24, 2.45) is 5.92 Å². The predicted octanol–water partition coefficient (Wildman–Crippen LogP) is 2.04. The first kappa shape index (κ1) is 16.4. The summed E-state index contributed by atoms with van der Waals surface area (Å²) >= 11 is 0. The summed E-state index contributed by atoms with van der Waals surface area (Å²) in [5, 5.41) is 13.5. The third-order valence-corrected chi connectivity index (χ3v) is 4.63. The molecule has 0 radical (unpaired) electrons. The Morgan fingerprint density at radius 2 is 2.19 bits per heavy atom. The summed E-state index contributed by atoms with van der Waals surface area (Å²) < 4.78 is 0. The first-order valence-corrected chi connectivity index (χ1v) is 8.21. The smallest absolute Gasteiger partial charge is 0.0690 e. The fourth-order valence-electron chi connectivity index (χ4n) is 2.81. The summed E-state index contributed by atoms with van der Waals surface area (Å²) in [4.78, 5) is 6.66. The molecule has 0 amide bonds. The second kappa shape index (κ2) is 8.47. The standard InChI is InChI=1S/C17H29N3O/c1-3-14(2)17(21)12-19-16-6-9-20(10-7-16)13-15-5-4-8-18-11-15/h4-5,8,11,14,16-17,19,21H,3,6-7,9-10,12-13H2,1-2H3. The van der Waals surface area contributed by atoms with Gasteiger partial charge in [0.15, 0.2) is 0 Å². The highest BCUT2D eigenvalue weighted by molar-refractivity contribution is 5.08. The molecule has 4 nitrogen and oxygen atoms in total. The third kappa shape index (κ3) is 5.38. The Balaban J connectivity index is 1.66. The molecule has 0 spiro atoms. The molecule has 0 aromatic carbocycles. The molecule has 2 rings (SSSR count). The van der Waals surface area contributed by atoms with E-state index in [-0.39, 0.29) is 6.10 Å². The lowest BCUT2D eigenvalue weighted by atomic mass is 10.00. The maximum absolute atomic E-state index is 10.0. The summed E-state index contributed by atoms with van der Waals surface area (Å²) in [5.74, 6) is 0.378. The van der Waals surface area contributed by atoms with Crippen molar-refractivity contribution in [2.75, 3.05) is 19.6 Å². The van der Waals surface area contributed by atoms with Gasteiger partial charge >= 0.3 is 0 Å². The molecule has 0 saturated carbocycles. The Morgan fingerprint density at radius 1 is 1.43 bits per heavy atom. The number of nitrogens with one attached hydrogen (secondary N) is 1. The normalized spacial score (nSPS) is 20.3. The molecule has 1 aliphatic heterocycles. The topological polar surface area (TPSA) is 48.4 Å². The molecular weight excluding hydrogens is 262 g/mol. The second-order valence-corrected chi connectivity index (χ2v) is 6.27. The van der Waals surface area contributed by atoms with Gasteiger partial charge in [0.05, 0.1) is 6.10 Å². The van der Waals surface area contributed by atoms with E-state index in [9.17, 15) is 5.11 Å². The number of likely N-dealkylation sites (tertiary alicyclic amines) is 1. The van der Waals surface area contributed by atoms with Crippen molar-refractivity contribution < 1.29 is 5.11 Å². The quantitative estimate of drug-likeness (QED) is 0.807. The highest BCUT2D eigenvalue weighted by Crippen LogP contribution is 2.14. The molecule has 1 saturated heterocycles. The summed E-state index contributed by atoms with van der Waals surface area (Å²) in [7, 11) is 0. The average Bonchev–Trinajstić information content (AvgIpc) is 2.54. The number of rotatable bonds is 7. The minimum atomic E-state index is -0.219. The Kier molecular flexibility index (Phi) is 6.61. The maximum Gasteiger partial charge on any atom is 0.0690 e. The molecule has 1 fully saturated rings. The molecule has 0 bridgehead atoms. The van der Waals surface area contributed by atoms with E-state index in [0.29, 0.717) is 12.0 Å². The van der Waals surface area contributed by atoms with Gasteiger partial charge in [-0.15, -0.1) is 0 Å². The largest absolute Gasteiger partial charge is 0.392 e. The third-order valence-electron chi connectivity index (χ3n) is 4.63. The number of piperidine rings is 1. The van der Waals surface area contributed by atoms with Crippen LogP contribution >= 0.6 is 0 Å². The van der Waals surface area contributed by atoms with Gasteiger partial charge in [-0.3, -0.25) is 9.88 Å². The average molecular weight is 291 g/mol.